The van der Waals surface area contributed by atoms with Crippen LogP contribution in [0.1, 0.15) is 50.2 Å². The molecule has 0 saturated carbocycles. The van der Waals surface area contributed by atoms with Crippen LogP contribution in [0.5, 0.6) is 0 Å². The molecule has 0 heterocycles. The number of aryl methyl sites for hydroxylation is 1. The molecule has 0 saturated heterocycles. The first kappa shape index (κ1) is 11.9. The summed E-state index contributed by atoms with van der Waals surface area (Å²) in [6, 6.07) is 8.65. The molecule has 1 atom stereocenters. The fourth-order valence-corrected chi connectivity index (χ4v) is 1.72. The molecule has 0 aromatic heterocycles. The topological polar surface area (TPSA) is 0 Å². The lowest BCUT2D eigenvalue weighted by atomic mass is 9.95. The number of rotatable bonds is 5. The van der Waals surface area contributed by atoms with Gasteiger partial charge in [0.1, 0.15) is 0 Å². The summed E-state index contributed by atoms with van der Waals surface area (Å²) >= 11 is 0. The van der Waals surface area contributed by atoms with Gasteiger partial charge in [-0.2, -0.15) is 0 Å². The van der Waals surface area contributed by atoms with Crippen LogP contribution in [0.4, 0.5) is 0 Å². The Balaban J connectivity index is 2.68. The standard InChI is InChI=1S/C15H19/c1-4-7-8-13-9-11-15(12-10-13)14(5-2)6-3/h9-12,14H,4-5,7-8H2,1-2H3. The van der Waals surface area contributed by atoms with Crippen molar-refractivity contribution in [2.45, 2.75) is 45.4 Å². The quantitative estimate of drug-likeness (QED) is 0.626. The second-order valence-electron chi connectivity index (χ2n) is 3.95. The first-order valence-electron chi connectivity index (χ1n) is 5.82. The van der Waals surface area contributed by atoms with Crippen LogP contribution in [0.15, 0.2) is 24.3 Å². The Hall–Kier alpha value is -1.22. The van der Waals surface area contributed by atoms with Gasteiger partial charge in [0, 0.05) is 5.92 Å². The minimum atomic E-state index is 0.172. The van der Waals surface area contributed by atoms with Gasteiger partial charge >= 0.3 is 0 Å². The van der Waals surface area contributed by atoms with E-state index in [9.17, 15) is 0 Å². The summed E-state index contributed by atoms with van der Waals surface area (Å²) in [6.07, 6.45) is 11.8. The lowest BCUT2D eigenvalue weighted by Crippen LogP contribution is -1.94. The van der Waals surface area contributed by atoms with E-state index in [1.54, 1.807) is 0 Å². The van der Waals surface area contributed by atoms with Gasteiger partial charge in [-0.05, 0) is 36.8 Å². The van der Waals surface area contributed by atoms with Crippen molar-refractivity contribution in [1.82, 2.24) is 0 Å². The van der Waals surface area contributed by atoms with Gasteiger partial charge in [0.15, 0.2) is 0 Å². The van der Waals surface area contributed by atoms with Crippen molar-refractivity contribution >= 4 is 0 Å². The monoisotopic (exact) mass is 199 g/mol. The predicted molar refractivity (Wildman–Crippen MR) is 65.2 cm³/mol. The van der Waals surface area contributed by atoms with Crippen LogP contribution in [0, 0.1) is 12.3 Å². The highest BCUT2D eigenvalue weighted by Gasteiger charge is 2.04. The van der Waals surface area contributed by atoms with Crippen molar-refractivity contribution in [2.75, 3.05) is 0 Å². The van der Waals surface area contributed by atoms with Gasteiger partial charge < -0.3 is 0 Å². The minimum absolute atomic E-state index is 0.172. The molecule has 15 heavy (non-hydrogen) atoms. The van der Waals surface area contributed by atoms with E-state index in [1.807, 2.05) is 0 Å². The Kier molecular flexibility index (Phi) is 4.98. The number of hydrogen-bond acceptors (Lipinski definition) is 0. The molecule has 0 aliphatic carbocycles. The molecule has 0 heteroatoms. The van der Waals surface area contributed by atoms with E-state index in [0.29, 0.717) is 0 Å². The van der Waals surface area contributed by atoms with Gasteiger partial charge in [-0.25, -0.2) is 0 Å². The summed E-state index contributed by atoms with van der Waals surface area (Å²) in [4.78, 5) is 0. The van der Waals surface area contributed by atoms with Gasteiger partial charge in [-0.1, -0.05) is 50.5 Å². The lowest BCUT2D eigenvalue weighted by Gasteiger charge is -2.08. The third-order valence-electron chi connectivity index (χ3n) is 2.78. The van der Waals surface area contributed by atoms with Crippen LogP contribution in [0.25, 0.3) is 0 Å². The molecule has 0 bridgehead atoms. The summed E-state index contributed by atoms with van der Waals surface area (Å²) in [5.41, 5.74) is 2.62. The SMILES string of the molecule is [C]#CC(CC)c1ccc(CCCC)cc1. The van der Waals surface area contributed by atoms with Gasteiger partial charge in [-0.3, -0.25) is 0 Å². The number of unbranched alkanes of at least 4 members (excludes halogenated alkanes) is 1. The van der Waals surface area contributed by atoms with Crippen molar-refractivity contribution in [1.29, 1.82) is 0 Å². The van der Waals surface area contributed by atoms with Crippen LogP contribution in [-0.2, 0) is 6.42 Å². The highest BCUT2D eigenvalue weighted by Crippen LogP contribution is 2.19. The zero-order chi connectivity index (χ0) is 11.1. The molecule has 1 radical (unpaired) electrons. The Morgan fingerprint density at radius 2 is 1.87 bits per heavy atom. The average molecular weight is 199 g/mol. The van der Waals surface area contributed by atoms with Crippen LogP contribution < -0.4 is 0 Å². The molecular formula is C15H19. The van der Waals surface area contributed by atoms with Crippen LogP contribution in [-0.4, -0.2) is 0 Å². The Morgan fingerprint density at radius 3 is 2.33 bits per heavy atom. The molecule has 1 aromatic rings. The van der Waals surface area contributed by atoms with Crippen LogP contribution in [0.2, 0.25) is 0 Å². The summed E-state index contributed by atoms with van der Waals surface area (Å²) in [6.45, 7) is 4.31. The molecule has 0 aliphatic rings. The summed E-state index contributed by atoms with van der Waals surface area (Å²) in [5.74, 6) is 2.75. The molecule has 0 N–H and O–H groups in total. The highest BCUT2D eigenvalue weighted by molar-refractivity contribution is 5.29. The van der Waals surface area contributed by atoms with E-state index in [0.717, 1.165) is 6.42 Å². The third kappa shape index (κ3) is 3.44. The molecule has 0 aliphatic heterocycles. The van der Waals surface area contributed by atoms with Crippen molar-refractivity contribution in [3.05, 3.63) is 41.8 Å². The fourth-order valence-electron chi connectivity index (χ4n) is 1.72. The Bertz CT molecular complexity index is 313. The van der Waals surface area contributed by atoms with Crippen LogP contribution in [0.3, 0.4) is 0 Å². The molecule has 1 unspecified atom stereocenters. The third-order valence-corrected chi connectivity index (χ3v) is 2.78. The van der Waals surface area contributed by atoms with E-state index in [1.165, 1.54) is 30.4 Å². The Labute approximate surface area is 93.7 Å². The molecule has 0 spiro atoms. The Morgan fingerprint density at radius 1 is 1.20 bits per heavy atom. The van der Waals surface area contributed by atoms with Crippen molar-refractivity contribution < 1.29 is 0 Å². The maximum atomic E-state index is 7.21. The van der Waals surface area contributed by atoms with Gasteiger partial charge in [0.25, 0.3) is 0 Å². The molecule has 1 aromatic carbocycles. The minimum Gasteiger partial charge on any atom is -0.0809 e. The average Bonchev–Trinajstić information content (AvgIpc) is 2.29. The molecule has 0 amide bonds. The zero-order valence-corrected chi connectivity index (χ0v) is 9.72. The number of benzene rings is 1. The maximum Gasteiger partial charge on any atom is 0.0459 e. The van der Waals surface area contributed by atoms with Crippen molar-refractivity contribution in [3.63, 3.8) is 0 Å². The zero-order valence-electron chi connectivity index (χ0n) is 9.72. The second kappa shape index (κ2) is 6.30. The van der Waals surface area contributed by atoms with E-state index < -0.39 is 0 Å². The molecule has 0 nitrogen and oxygen atoms in total. The summed E-state index contributed by atoms with van der Waals surface area (Å²) in [5, 5.41) is 0. The maximum absolute atomic E-state index is 7.21. The van der Waals surface area contributed by atoms with E-state index >= 15 is 0 Å². The van der Waals surface area contributed by atoms with E-state index in [-0.39, 0.29) is 5.92 Å². The largest absolute Gasteiger partial charge is 0.0809 e. The second-order valence-corrected chi connectivity index (χ2v) is 3.95. The lowest BCUT2D eigenvalue weighted by molar-refractivity contribution is 0.791. The summed E-state index contributed by atoms with van der Waals surface area (Å²) in [7, 11) is 0. The van der Waals surface area contributed by atoms with E-state index in [2.05, 4.69) is 44.0 Å². The smallest absolute Gasteiger partial charge is 0.0459 e. The highest BCUT2D eigenvalue weighted by atomic mass is 14.1. The van der Waals surface area contributed by atoms with Gasteiger partial charge in [-0.15, -0.1) is 0 Å². The first-order valence-corrected chi connectivity index (χ1v) is 5.82. The van der Waals surface area contributed by atoms with E-state index in [4.69, 9.17) is 6.42 Å². The normalized spacial score (nSPS) is 12.1. The van der Waals surface area contributed by atoms with Crippen molar-refractivity contribution in [2.24, 2.45) is 0 Å². The number of hydrogen-bond donors (Lipinski definition) is 0. The van der Waals surface area contributed by atoms with Gasteiger partial charge in [0.2, 0.25) is 0 Å². The van der Waals surface area contributed by atoms with Crippen molar-refractivity contribution in [3.8, 4) is 5.92 Å². The fraction of sp³-hybridized carbons (Fsp3) is 0.467. The molecule has 1 rings (SSSR count). The van der Waals surface area contributed by atoms with Crippen LogP contribution >= 0.6 is 0 Å². The first-order chi connectivity index (χ1) is 7.31. The molecule has 0 fully saturated rings. The molecule has 79 valence electrons. The molecular weight excluding hydrogens is 180 g/mol. The summed E-state index contributed by atoms with van der Waals surface area (Å²) < 4.78 is 0. The van der Waals surface area contributed by atoms with Gasteiger partial charge in [0.05, 0.1) is 0 Å². The predicted octanol–water partition coefficient (Wildman–Crippen LogP) is 4.11.